The van der Waals surface area contributed by atoms with Crippen molar-refractivity contribution in [3.05, 3.63) is 68.9 Å². The van der Waals surface area contributed by atoms with Gasteiger partial charge in [-0.05, 0) is 54.8 Å². The number of alkyl halides is 3. The summed E-state index contributed by atoms with van der Waals surface area (Å²) in [6, 6.07) is 8.93. The first-order chi connectivity index (χ1) is 13.9. The summed E-state index contributed by atoms with van der Waals surface area (Å²) in [6.45, 7) is 3.50. The molecule has 0 saturated heterocycles. The second kappa shape index (κ2) is 8.46. The van der Waals surface area contributed by atoms with Crippen LogP contribution in [0.15, 0.2) is 51.9 Å². The highest BCUT2D eigenvalue weighted by atomic mass is 79.9. The van der Waals surface area contributed by atoms with Crippen molar-refractivity contribution < 1.29 is 27.1 Å². The molecule has 1 aliphatic carbocycles. The molecule has 1 saturated carbocycles. The standard InChI is InChI=1S/C22H18Br2F4O2/c1-21(2)16(10-17(23)24)18(21)20(29)30-11-12-6-5-8-14(19(12)25)13-7-3-4-9-15(13)22(26,27)28/h3-10,16,18H,11H2,1-2H3. The highest BCUT2D eigenvalue weighted by Crippen LogP contribution is 2.60. The van der Waals surface area contributed by atoms with Crippen molar-refractivity contribution in [2.24, 2.45) is 17.3 Å². The summed E-state index contributed by atoms with van der Waals surface area (Å²) in [7, 11) is 0. The predicted molar refractivity (Wildman–Crippen MR) is 113 cm³/mol. The third kappa shape index (κ3) is 4.64. The van der Waals surface area contributed by atoms with Crippen molar-refractivity contribution in [1.82, 2.24) is 0 Å². The lowest BCUT2D eigenvalue weighted by Gasteiger charge is -2.15. The number of rotatable bonds is 5. The van der Waals surface area contributed by atoms with Crippen LogP contribution in [0.25, 0.3) is 11.1 Å². The van der Waals surface area contributed by atoms with Gasteiger partial charge in [0.1, 0.15) is 12.4 Å². The van der Waals surface area contributed by atoms with Gasteiger partial charge in [0.2, 0.25) is 0 Å². The molecule has 2 unspecified atom stereocenters. The summed E-state index contributed by atoms with van der Waals surface area (Å²) in [5.74, 6) is -1.71. The van der Waals surface area contributed by atoms with Crippen LogP contribution in [0.5, 0.6) is 0 Å². The van der Waals surface area contributed by atoms with Crippen LogP contribution in [-0.4, -0.2) is 5.97 Å². The van der Waals surface area contributed by atoms with Crippen molar-refractivity contribution in [3.8, 4) is 11.1 Å². The first-order valence-corrected chi connectivity index (χ1v) is 10.7. The predicted octanol–water partition coefficient (Wildman–Crippen LogP) is 7.46. The van der Waals surface area contributed by atoms with Gasteiger partial charge >= 0.3 is 12.1 Å². The van der Waals surface area contributed by atoms with Gasteiger partial charge in [0, 0.05) is 11.1 Å². The van der Waals surface area contributed by atoms with Crippen LogP contribution in [0.3, 0.4) is 0 Å². The lowest BCUT2D eigenvalue weighted by atomic mass is 9.97. The first kappa shape index (κ1) is 23.0. The van der Waals surface area contributed by atoms with Crippen molar-refractivity contribution in [3.63, 3.8) is 0 Å². The molecule has 0 radical (unpaired) electrons. The number of carbonyl (C=O) groups is 1. The average Bonchev–Trinajstić information content (AvgIpc) is 3.19. The Kier molecular flexibility index (Phi) is 6.49. The molecule has 8 heteroatoms. The van der Waals surface area contributed by atoms with E-state index in [0.717, 1.165) is 9.46 Å². The number of benzene rings is 2. The minimum atomic E-state index is -4.62. The maximum atomic E-state index is 15.0. The minimum Gasteiger partial charge on any atom is -0.460 e. The summed E-state index contributed by atoms with van der Waals surface area (Å²) in [5, 5.41) is 0. The van der Waals surface area contributed by atoms with Crippen LogP contribution in [-0.2, 0) is 22.3 Å². The number of hydrogen-bond acceptors (Lipinski definition) is 2. The molecule has 0 bridgehead atoms. The fourth-order valence-corrected chi connectivity index (χ4v) is 4.25. The molecule has 0 spiro atoms. The molecule has 0 aromatic heterocycles. The lowest BCUT2D eigenvalue weighted by molar-refractivity contribution is -0.147. The van der Waals surface area contributed by atoms with Gasteiger partial charge in [0.15, 0.2) is 0 Å². The largest absolute Gasteiger partial charge is 0.460 e. The highest BCUT2D eigenvalue weighted by molar-refractivity contribution is 9.28. The molecule has 30 heavy (non-hydrogen) atoms. The van der Waals surface area contributed by atoms with Gasteiger partial charge in [-0.2, -0.15) is 13.2 Å². The highest BCUT2D eigenvalue weighted by Gasteiger charge is 2.61. The van der Waals surface area contributed by atoms with E-state index in [9.17, 15) is 18.0 Å². The summed E-state index contributed by atoms with van der Waals surface area (Å²) >= 11 is 6.55. The number of halogens is 6. The Morgan fingerprint density at radius 1 is 1.10 bits per heavy atom. The average molecular weight is 550 g/mol. The van der Waals surface area contributed by atoms with E-state index in [4.69, 9.17) is 4.74 Å². The van der Waals surface area contributed by atoms with Crippen molar-refractivity contribution in [1.29, 1.82) is 0 Å². The topological polar surface area (TPSA) is 26.3 Å². The molecule has 3 rings (SSSR count). The molecular weight excluding hydrogens is 532 g/mol. The van der Waals surface area contributed by atoms with Crippen molar-refractivity contribution in [2.45, 2.75) is 26.6 Å². The number of allylic oxidation sites excluding steroid dienone is 1. The van der Waals surface area contributed by atoms with Gasteiger partial charge in [0.25, 0.3) is 0 Å². The molecule has 2 aromatic carbocycles. The SMILES string of the molecule is CC1(C)C(C=C(Br)Br)C1C(=O)OCc1cccc(-c2ccccc2C(F)(F)F)c1F. The summed E-state index contributed by atoms with van der Waals surface area (Å²) in [5.41, 5.74) is -1.65. The number of hydrogen-bond donors (Lipinski definition) is 0. The van der Waals surface area contributed by atoms with Crippen molar-refractivity contribution in [2.75, 3.05) is 0 Å². The monoisotopic (exact) mass is 548 g/mol. The van der Waals surface area contributed by atoms with Crippen LogP contribution in [0.1, 0.15) is 25.0 Å². The van der Waals surface area contributed by atoms with Crippen LogP contribution < -0.4 is 0 Å². The van der Waals surface area contributed by atoms with E-state index in [1.807, 2.05) is 19.9 Å². The van der Waals surface area contributed by atoms with E-state index in [1.165, 1.54) is 36.4 Å². The van der Waals surface area contributed by atoms with Gasteiger partial charge in [-0.3, -0.25) is 4.79 Å². The smallest absolute Gasteiger partial charge is 0.417 e. The third-order valence-corrected chi connectivity index (χ3v) is 5.97. The molecule has 1 aliphatic rings. The molecule has 0 amide bonds. The van der Waals surface area contributed by atoms with E-state index in [0.29, 0.717) is 0 Å². The maximum absolute atomic E-state index is 15.0. The van der Waals surface area contributed by atoms with E-state index < -0.39 is 23.5 Å². The zero-order valence-corrected chi connectivity index (χ0v) is 19.2. The zero-order chi connectivity index (χ0) is 22.3. The molecule has 0 N–H and O–H groups in total. The Balaban J connectivity index is 1.81. The fourth-order valence-electron chi connectivity index (χ4n) is 3.68. The minimum absolute atomic E-state index is 0.0186. The summed E-state index contributed by atoms with van der Waals surface area (Å²) in [4.78, 5) is 12.5. The molecular formula is C22H18Br2F4O2. The molecule has 2 nitrogen and oxygen atoms in total. The lowest BCUT2D eigenvalue weighted by Crippen LogP contribution is -2.12. The van der Waals surface area contributed by atoms with Crippen LogP contribution >= 0.6 is 31.9 Å². The Morgan fingerprint density at radius 2 is 1.73 bits per heavy atom. The van der Waals surface area contributed by atoms with E-state index in [2.05, 4.69) is 31.9 Å². The normalized spacial score (nSPS) is 19.9. The van der Waals surface area contributed by atoms with Gasteiger partial charge in [-0.25, -0.2) is 4.39 Å². The number of esters is 1. The summed E-state index contributed by atoms with van der Waals surface area (Å²) < 4.78 is 61.0. The molecule has 1 fully saturated rings. The Labute approximate surface area is 188 Å². The first-order valence-electron chi connectivity index (χ1n) is 9.08. The Hall–Kier alpha value is -1.67. The van der Waals surface area contributed by atoms with Crippen LogP contribution in [0, 0.1) is 23.1 Å². The van der Waals surface area contributed by atoms with E-state index >= 15 is 4.39 Å². The molecule has 2 atom stereocenters. The van der Waals surface area contributed by atoms with Gasteiger partial charge in [-0.1, -0.05) is 56.3 Å². The van der Waals surface area contributed by atoms with Crippen molar-refractivity contribution >= 4 is 37.8 Å². The number of ether oxygens (including phenoxy) is 1. The maximum Gasteiger partial charge on any atom is 0.417 e. The second-order valence-corrected chi connectivity index (χ2v) is 10.5. The third-order valence-electron chi connectivity index (χ3n) is 5.44. The van der Waals surface area contributed by atoms with Gasteiger partial charge in [-0.15, -0.1) is 0 Å². The second-order valence-electron chi connectivity index (χ2n) is 7.71. The molecule has 0 aliphatic heterocycles. The van der Waals surface area contributed by atoms with Crippen LogP contribution in [0.2, 0.25) is 0 Å². The Bertz CT molecular complexity index is 995. The van der Waals surface area contributed by atoms with Gasteiger partial charge in [0.05, 0.1) is 14.9 Å². The van der Waals surface area contributed by atoms with Crippen LogP contribution in [0.4, 0.5) is 17.6 Å². The quantitative estimate of drug-likeness (QED) is 0.286. The molecule has 2 aromatic rings. The zero-order valence-electron chi connectivity index (χ0n) is 16.1. The van der Waals surface area contributed by atoms with E-state index in [-0.39, 0.29) is 40.5 Å². The van der Waals surface area contributed by atoms with E-state index in [1.54, 1.807) is 0 Å². The molecule has 160 valence electrons. The number of carbonyl (C=O) groups excluding carboxylic acids is 1. The Morgan fingerprint density at radius 3 is 2.37 bits per heavy atom. The fraction of sp³-hybridized carbons (Fsp3) is 0.318. The summed E-state index contributed by atoms with van der Waals surface area (Å²) in [6.07, 6.45) is -2.75. The van der Waals surface area contributed by atoms with Gasteiger partial charge < -0.3 is 4.74 Å². The molecule has 0 heterocycles.